The molecule has 0 aromatic heterocycles. The van der Waals surface area contributed by atoms with Crippen molar-refractivity contribution in [2.45, 2.75) is 12.2 Å². The van der Waals surface area contributed by atoms with E-state index in [1.165, 1.54) is 16.7 Å². The van der Waals surface area contributed by atoms with Gasteiger partial charge in [-0.3, -0.25) is 9.59 Å². The summed E-state index contributed by atoms with van der Waals surface area (Å²) in [6, 6.07) is 9.27. The molecule has 5 nitrogen and oxygen atoms in total. The van der Waals surface area contributed by atoms with E-state index in [4.69, 9.17) is 10.4 Å². The Hall–Kier alpha value is -2.00. The second kappa shape index (κ2) is 8.23. The number of thioether (sulfide) groups is 1. The summed E-state index contributed by atoms with van der Waals surface area (Å²) in [5.41, 5.74) is 1.67. The summed E-state index contributed by atoms with van der Waals surface area (Å²) in [5, 5.41) is 17.2. The lowest BCUT2D eigenvalue weighted by Crippen LogP contribution is -2.30. The maximum atomic E-state index is 11.7. The van der Waals surface area contributed by atoms with Crippen molar-refractivity contribution in [3.8, 4) is 6.07 Å². The van der Waals surface area contributed by atoms with Crippen LogP contribution < -0.4 is 0 Å². The van der Waals surface area contributed by atoms with E-state index in [1.807, 2.05) is 12.1 Å². The van der Waals surface area contributed by atoms with Gasteiger partial charge in [0.1, 0.15) is 0 Å². The third-order valence-electron chi connectivity index (χ3n) is 2.66. The molecule has 0 aliphatic carbocycles. The Balaban J connectivity index is 2.30. The highest BCUT2D eigenvalue weighted by Crippen LogP contribution is 2.13. The molecule has 0 saturated heterocycles. The number of carboxylic acid groups (broad SMARTS) is 1. The Morgan fingerprint density at radius 1 is 1.35 bits per heavy atom. The molecule has 0 fully saturated rings. The van der Waals surface area contributed by atoms with Crippen LogP contribution in [0.15, 0.2) is 24.3 Å². The SMILES string of the molecule is CN(CCC(=O)O)C(=O)CSCc1ccc(C#N)cc1. The monoisotopic (exact) mass is 292 g/mol. The lowest BCUT2D eigenvalue weighted by molar-refractivity contribution is -0.137. The van der Waals surface area contributed by atoms with Gasteiger partial charge in [-0.1, -0.05) is 12.1 Å². The normalized spacial score (nSPS) is 9.80. The first-order chi connectivity index (χ1) is 9.52. The molecule has 1 N–H and O–H groups in total. The summed E-state index contributed by atoms with van der Waals surface area (Å²) in [6.07, 6.45) is -0.0392. The van der Waals surface area contributed by atoms with Gasteiger partial charge in [0, 0.05) is 19.3 Å². The molecule has 0 radical (unpaired) electrons. The zero-order valence-corrected chi connectivity index (χ0v) is 12.0. The van der Waals surface area contributed by atoms with Crippen molar-refractivity contribution in [1.82, 2.24) is 4.90 Å². The third kappa shape index (κ3) is 5.76. The lowest BCUT2D eigenvalue weighted by Gasteiger charge is -2.15. The van der Waals surface area contributed by atoms with Crippen LogP contribution >= 0.6 is 11.8 Å². The van der Waals surface area contributed by atoms with Crippen LogP contribution in [0.3, 0.4) is 0 Å². The van der Waals surface area contributed by atoms with Crippen molar-refractivity contribution in [2.24, 2.45) is 0 Å². The van der Waals surface area contributed by atoms with Crippen LogP contribution in [0.5, 0.6) is 0 Å². The molecule has 0 bridgehead atoms. The Labute approximate surface area is 122 Å². The van der Waals surface area contributed by atoms with E-state index in [2.05, 4.69) is 6.07 Å². The Kier molecular flexibility index (Phi) is 6.60. The predicted octanol–water partition coefficient (Wildman–Crippen LogP) is 1.72. The van der Waals surface area contributed by atoms with Crippen LogP contribution in [-0.2, 0) is 15.3 Å². The van der Waals surface area contributed by atoms with E-state index >= 15 is 0 Å². The molecule has 0 spiro atoms. The van der Waals surface area contributed by atoms with Gasteiger partial charge in [-0.25, -0.2) is 0 Å². The Morgan fingerprint density at radius 2 is 2.00 bits per heavy atom. The van der Waals surface area contributed by atoms with E-state index in [-0.39, 0.29) is 18.9 Å². The minimum atomic E-state index is -0.908. The molecule has 1 amide bonds. The number of benzene rings is 1. The van der Waals surface area contributed by atoms with Gasteiger partial charge in [0.05, 0.1) is 23.8 Å². The topological polar surface area (TPSA) is 81.4 Å². The van der Waals surface area contributed by atoms with Gasteiger partial charge in [-0.2, -0.15) is 5.26 Å². The summed E-state index contributed by atoms with van der Waals surface area (Å²) < 4.78 is 0. The zero-order chi connectivity index (χ0) is 15.0. The maximum absolute atomic E-state index is 11.7. The van der Waals surface area contributed by atoms with Crippen LogP contribution in [0, 0.1) is 11.3 Å². The fourth-order valence-corrected chi connectivity index (χ4v) is 2.36. The molecule has 1 aromatic rings. The van der Waals surface area contributed by atoms with Gasteiger partial charge in [-0.15, -0.1) is 11.8 Å². The fraction of sp³-hybridized carbons (Fsp3) is 0.357. The second-order valence-corrected chi connectivity index (χ2v) is 5.25. The van der Waals surface area contributed by atoms with Crippen LogP contribution in [-0.4, -0.2) is 41.2 Å². The van der Waals surface area contributed by atoms with Gasteiger partial charge in [0.2, 0.25) is 5.91 Å². The van der Waals surface area contributed by atoms with Crippen molar-refractivity contribution in [1.29, 1.82) is 5.26 Å². The molecule has 0 heterocycles. The first-order valence-corrected chi connectivity index (χ1v) is 7.21. The molecule has 0 saturated carbocycles. The number of aliphatic carboxylic acids is 1. The molecule has 6 heteroatoms. The van der Waals surface area contributed by atoms with Gasteiger partial charge in [-0.05, 0) is 17.7 Å². The maximum Gasteiger partial charge on any atom is 0.305 e. The predicted molar refractivity (Wildman–Crippen MR) is 77.2 cm³/mol. The Bertz CT molecular complexity index is 508. The van der Waals surface area contributed by atoms with Crippen molar-refractivity contribution in [3.63, 3.8) is 0 Å². The minimum absolute atomic E-state index is 0.0392. The van der Waals surface area contributed by atoms with Crippen LogP contribution in [0.1, 0.15) is 17.5 Å². The van der Waals surface area contributed by atoms with Gasteiger partial charge >= 0.3 is 5.97 Å². The number of carbonyl (C=O) groups is 2. The summed E-state index contributed by atoms with van der Waals surface area (Å²) in [7, 11) is 1.60. The number of hydrogen-bond acceptors (Lipinski definition) is 4. The first-order valence-electron chi connectivity index (χ1n) is 6.05. The highest BCUT2D eigenvalue weighted by Gasteiger charge is 2.10. The van der Waals surface area contributed by atoms with Gasteiger partial charge in [0.15, 0.2) is 0 Å². The van der Waals surface area contributed by atoms with E-state index in [0.29, 0.717) is 17.1 Å². The number of rotatable bonds is 7. The largest absolute Gasteiger partial charge is 0.481 e. The highest BCUT2D eigenvalue weighted by atomic mass is 32.2. The van der Waals surface area contributed by atoms with E-state index in [0.717, 1.165) is 5.56 Å². The first kappa shape index (κ1) is 16.1. The summed E-state index contributed by atoms with van der Waals surface area (Å²) >= 11 is 1.47. The fourth-order valence-electron chi connectivity index (χ4n) is 1.43. The average molecular weight is 292 g/mol. The third-order valence-corrected chi connectivity index (χ3v) is 3.65. The van der Waals surface area contributed by atoms with Crippen LogP contribution in [0.2, 0.25) is 0 Å². The quantitative estimate of drug-likeness (QED) is 0.827. The Morgan fingerprint density at radius 3 is 2.55 bits per heavy atom. The lowest BCUT2D eigenvalue weighted by atomic mass is 10.2. The minimum Gasteiger partial charge on any atom is -0.481 e. The number of carbonyl (C=O) groups excluding carboxylic acids is 1. The summed E-state index contributed by atoms with van der Waals surface area (Å²) in [4.78, 5) is 23.6. The van der Waals surface area contributed by atoms with Crippen molar-refractivity contribution in [2.75, 3.05) is 19.3 Å². The standard InChI is InChI=1S/C14H16N2O3S/c1-16(7-6-14(18)19)13(17)10-20-9-12-4-2-11(8-15)3-5-12/h2-5H,6-7,9-10H2,1H3,(H,18,19). The van der Waals surface area contributed by atoms with Crippen molar-refractivity contribution in [3.05, 3.63) is 35.4 Å². The van der Waals surface area contributed by atoms with E-state index < -0.39 is 5.97 Å². The van der Waals surface area contributed by atoms with Gasteiger partial charge in [0.25, 0.3) is 0 Å². The molecular formula is C14H16N2O3S. The van der Waals surface area contributed by atoms with E-state index in [1.54, 1.807) is 19.2 Å². The molecule has 20 heavy (non-hydrogen) atoms. The molecule has 106 valence electrons. The molecule has 0 aliphatic rings. The molecule has 0 unspecified atom stereocenters. The average Bonchev–Trinajstić information content (AvgIpc) is 2.45. The van der Waals surface area contributed by atoms with Crippen molar-refractivity contribution < 1.29 is 14.7 Å². The molecule has 1 aromatic carbocycles. The molecule has 0 aliphatic heterocycles. The highest BCUT2D eigenvalue weighted by molar-refractivity contribution is 7.99. The summed E-state index contributed by atoms with van der Waals surface area (Å²) in [5.74, 6) is 0.0140. The number of carboxylic acids is 1. The smallest absolute Gasteiger partial charge is 0.305 e. The summed E-state index contributed by atoms with van der Waals surface area (Å²) in [6.45, 7) is 0.228. The molecular weight excluding hydrogens is 276 g/mol. The zero-order valence-electron chi connectivity index (χ0n) is 11.2. The molecule has 1 rings (SSSR count). The molecule has 0 atom stereocenters. The van der Waals surface area contributed by atoms with Crippen molar-refractivity contribution >= 4 is 23.6 Å². The van der Waals surface area contributed by atoms with Crippen LogP contribution in [0.25, 0.3) is 0 Å². The number of amides is 1. The second-order valence-electron chi connectivity index (χ2n) is 4.26. The number of nitriles is 1. The number of nitrogens with zero attached hydrogens (tertiary/aromatic N) is 2. The van der Waals surface area contributed by atoms with E-state index in [9.17, 15) is 9.59 Å². The van der Waals surface area contributed by atoms with Gasteiger partial charge < -0.3 is 10.0 Å². The number of hydrogen-bond donors (Lipinski definition) is 1. The van der Waals surface area contributed by atoms with Crippen LogP contribution in [0.4, 0.5) is 0 Å².